The lowest BCUT2D eigenvalue weighted by atomic mass is 10.1. The van der Waals surface area contributed by atoms with Crippen LogP contribution in [0.15, 0.2) is 77.7 Å². The minimum absolute atomic E-state index is 0.0406. The number of carbonyl (C=O) groups excluding carboxylic acids is 2. The minimum atomic E-state index is -4.17. The maximum atomic E-state index is 13.3. The van der Waals surface area contributed by atoms with Gasteiger partial charge >= 0.3 is 5.97 Å². The predicted octanol–water partition coefficient (Wildman–Crippen LogP) is 3.91. The third-order valence-electron chi connectivity index (χ3n) is 4.98. The molecule has 0 spiro atoms. The molecule has 0 heterocycles. The fraction of sp³-hybridized carbons (Fsp3) is 0.167. The molecule has 3 aromatic rings. The Labute approximate surface area is 202 Å². The van der Waals surface area contributed by atoms with Gasteiger partial charge in [-0.1, -0.05) is 18.2 Å². The van der Waals surface area contributed by atoms with Crippen molar-refractivity contribution < 1.29 is 27.7 Å². The number of nitro benzene ring substituents is 1. The normalized spacial score (nSPS) is 10.9. The fourth-order valence-electron chi connectivity index (χ4n) is 3.24. The monoisotopic (exact) mass is 497 g/mol. The number of benzene rings is 3. The van der Waals surface area contributed by atoms with Crippen LogP contribution >= 0.6 is 0 Å². The summed E-state index contributed by atoms with van der Waals surface area (Å²) in [6, 6.07) is 17.0. The molecule has 0 atom stereocenters. The van der Waals surface area contributed by atoms with Gasteiger partial charge in [0.15, 0.2) is 0 Å². The molecule has 0 aliphatic heterocycles. The zero-order valence-electron chi connectivity index (χ0n) is 19.0. The maximum absolute atomic E-state index is 13.3. The van der Waals surface area contributed by atoms with Crippen LogP contribution in [0.1, 0.15) is 22.8 Å². The molecule has 0 fully saturated rings. The number of nitrogens with one attached hydrogen (secondary N) is 1. The molecule has 3 aromatic carbocycles. The number of amides is 1. The van der Waals surface area contributed by atoms with Gasteiger partial charge in [0.25, 0.3) is 15.7 Å². The Morgan fingerprint density at radius 2 is 1.69 bits per heavy atom. The van der Waals surface area contributed by atoms with Crippen molar-refractivity contribution in [1.29, 1.82) is 0 Å². The van der Waals surface area contributed by atoms with Crippen LogP contribution in [0.3, 0.4) is 0 Å². The van der Waals surface area contributed by atoms with Gasteiger partial charge in [-0.05, 0) is 61.9 Å². The lowest BCUT2D eigenvalue weighted by molar-refractivity contribution is -0.384. The number of hydrogen-bond donors (Lipinski definition) is 1. The second-order valence-electron chi connectivity index (χ2n) is 7.40. The van der Waals surface area contributed by atoms with Gasteiger partial charge in [-0.2, -0.15) is 0 Å². The molecule has 1 N–H and O–H groups in total. The van der Waals surface area contributed by atoms with Crippen molar-refractivity contribution in [3.8, 4) is 0 Å². The van der Waals surface area contributed by atoms with E-state index in [1.165, 1.54) is 48.5 Å². The van der Waals surface area contributed by atoms with Gasteiger partial charge in [-0.15, -0.1) is 0 Å². The number of nitro groups is 1. The Bertz CT molecular complexity index is 1340. The van der Waals surface area contributed by atoms with Gasteiger partial charge in [0.2, 0.25) is 5.91 Å². The Hall–Kier alpha value is -4.25. The third kappa shape index (κ3) is 6.01. The number of rotatable bonds is 9. The molecule has 0 aromatic heterocycles. The molecule has 0 saturated heterocycles. The smallest absolute Gasteiger partial charge is 0.338 e. The summed E-state index contributed by atoms with van der Waals surface area (Å²) in [4.78, 5) is 35.2. The van der Waals surface area contributed by atoms with Gasteiger partial charge in [-0.25, -0.2) is 13.2 Å². The quantitative estimate of drug-likeness (QED) is 0.269. The van der Waals surface area contributed by atoms with E-state index >= 15 is 0 Å². The number of nitrogens with zero attached hydrogens (tertiary/aromatic N) is 2. The number of esters is 1. The topological polar surface area (TPSA) is 136 Å². The van der Waals surface area contributed by atoms with E-state index in [0.717, 1.165) is 4.31 Å². The lowest BCUT2D eigenvalue weighted by Crippen LogP contribution is -2.38. The molecule has 11 heteroatoms. The van der Waals surface area contributed by atoms with Crippen LogP contribution in [0.4, 0.5) is 17.1 Å². The van der Waals surface area contributed by atoms with E-state index in [4.69, 9.17) is 4.74 Å². The van der Waals surface area contributed by atoms with Crippen molar-refractivity contribution in [2.75, 3.05) is 22.8 Å². The van der Waals surface area contributed by atoms with E-state index in [0.29, 0.717) is 16.8 Å². The molecular weight excluding hydrogens is 474 g/mol. The highest BCUT2D eigenvalue weighted by atomic mass is 32.2. The number of aryl methyl sites for hydroxylation is 1. The standard InChI is InChI=1S/C24H23N3O7S/c1-3-34-24(29)18-9-14-22(17(2)15-18)25-23(28)16-26(19-10-12-20(13-11-19)27(30)31)35(32,33)21-7-5-4-6-8-21/h4-15H,3,16H2,1-2H3,(H,25,28). The predicted molar refractivity (Wildman–Crippen MR) is 130 cm³/mol. The summed E-state index contributed by atoms with van der Waals surface area (Å²) in [6.45, 7) is 3.02. The van der Waals surface area contributed by atoms with Crippen LogP contribution in [-0.4, -0.2) is 38.4 Å². The summed E-state index contributed by atoms with van der Waals surface area (Å²) in [5, 5.41) is 13.7. The van der Waals surface area contributed by atoms with Gasteiger partial charge in [0.05, 0.1) is 27.7 Å². The van der Waals surface area contributed by atoms with Crippen molar-refractivity contribution >= 4 is 39.0 Å². The van der Waals surface area contributed by atoms with E-state index in [1.807, 2.05) is 0 Å². The summed E-state index contributed by atoms with van der Waals surface area (Å²) in [5.74, 6) is -1.14. The first kappa shape index (κ1) is 25.4. The first-order valence-electron chi connectivity index (χ1n) is 10.5. The highest BCUT2D eigenvalue weighted by molar-refractivity contribution is 7.92. The van der Waals surface area contributed by atoms with Crippen LogP contribution in [-0.2, 0) is 19.6 Å². The highest BCUT2D eigenvalue weighted by Crippen LogP contribution is 2.26. The summed E-state index contributed by atoms with van der Waals surface area (Å²) in [5.41, 5.74) is 1.17. The fourth-order valence-corrected chi connectivity index (χ4v) is 4.68. The first-order chi connectivity index (χ1) is 16.6. The molecule has 3 rings (SSSR count). The summed E-state index contributed by atoms with van der Waals surface area (Å²) in [7, 11) is -4.17. The van der Waals surface area contributed by atoms with E-state index in [-0.39, 0.29) is 22.9 Å². The summed E-state index contributed by atoms with van der Waals surface area (Å²) in [6.07, 6.45) is 0. The second-order valence-corrected chi connectivity index (χ2v) is 9.26. The second kappa shape index (κ2) is 10.8. The Balaban J connectivity index is 1.89. The molecule has 10 nitrogen and oxygen atoms in total. The molecule has 0 bridgehead atoms. The average molecular weight is 498 g/mol. The molecule has 182 valence electrons. The summed E-state index contributed by atoms with van der Waals surface area (Å²) < 4.78 is 32.5. The number of non-ortho nitro benzene ring substituents is 1. The highest BCUT2D eigenvalue weighted by Gasteiger charge is 2.27. The Kier molecular flexibility index (Phi) is 7.82. The van der Waals surface area contributed by atoms with Crippen molar-refractivity contribution in [2.45, 2.75) is 18.7 Å². The molecular formula is C24H23N3O7S. The van der Waals surface area contributed by atoms with E-state index < -0.39 is 33.4 Å². The van der Waals surface area contributed by atoms with Crippen LogP contribution in [0.5, 0.6) is 0 Å². The molecule has 0 aliphatic carbocycles. The van der Waals surface area contributed by atoms with E-state index in [2.05, 4.69) is 5.32 Å². The molecule has 0 radical (unpaired) electrons. The van der Waals surface area contributed by atoms with Crippen molar-refractivity contribution in [3.63, 3.8) is 0 Å². The van der Waals surface area contributed by atoms with Crippen molar-refractivity contribution in [3.05, 3.63) is 94.0 Å². The van der Waals surface area contributed by atoms with E-state index in [9.17, 15) is 28.1 Å². The SMILES string of the molecule is CCOC(=O)c1ccc(NC(=O)CN(c2ccc([N+](=O)[O-])cc2)S(=O)(=O)c2ccccc2)c(C)c1. The third-order valence-corrected chi connectivity index (χ3v) is 6.77. The average Bonchev–Trinajstić information content (AvgIpc) is 2.84. The number of carbonyl (C=O) groups is 2. The van der Waals surface area contributed by atoms with Gasteiger partial charge in [0.1, 0.15) is 6.54 Å². The van der Waals surface area contributed by atoms with Crippen molar-refractivity contribution in [2.24, 2.45) is 0 Å². The lowest BCUT2D eigenvalue weighted by Gasteiger charge is -2.24. The molecule has 0 unspecified atom stereocenters. The first-order valence-corrected chi connectivity index (χ1v) is 12.0. The van der Waals surface area contributed by atoms with Gasteiger partial charge < -0.3 is 10.1 Å². The molecule has 0 saturated carbocycles. The van der Waals surface area contributed by atoms with Crippen LogP contribution < -0.4 is 9.62 Å². The zero-order chi connectivity index (χ0) is 25.6. The minimum Gasteiger partial charge on any atom is -0.462 e. The number of hydrogen-bond acceptors (Lipinski definition) is 7. The van der Waals surface area contributed by atoms with Gasteiger partial charge in [-0.3, -0.25) is 19.2 Å². The number of ether oxygens (including phenoxy) is 1. The van der Waals surface area contributed by atoms with Crippen LogP contribution in [0.2, 0.25) is 0 Å². The van der Waals surface area contributed by atoms with E-state index in [1.54, 1.807) is 38.1 Å². The Morgan fingerprint density at radius 1 is 1.03 bits per heavy atom. The van der Waals surface area contributed by atoms with Gasteiger partial charge in [0, 0.05) is 17.8 Å². The van der Waals surface area contributed by atoms with Crippen LogP contribution in [0.25, 0.3) is 0 Å². The number of anilines is 2. The molecule has 0 aliphatic rings. The van der Waals surface area contributed by atoms with Crippen molar-refractivity contribution in [1.82, 2.24) is 0 Å². The molecule has 1 amide bonds. The number of sulfonamides is 1. The maximum Gasteiger partial charge on any atom is 0.338 e. The Morgan fingerprint density at radius 3 is 2.26 bits per heavy atom. The largest absolute Gasteiger partial charge is 0.462 e. The van der Waals surface area contributed by atoms with Crippen LogP contribution in [0, 0.1) is 17.0 Å². The zero-order valence-corrected chi connectivity index (χ0v) is 19.8. The molecule has 35 heavy (non-hydrogen) atoms. The summed E-state index contributed by atoms with van der Waals surface area (Å²) >= 11 is 0.